The van der Waals surface area contributed by atoms with Gasteiger partial charge in [-0.3, -0.25) is 0 Å². The molecule has 0 saturated carbocycles. The van der Waals surface area contributed by atoms with Crippen LogP contribution in [-0.4, -0.2) is 12.6 Å². The third kappa shape index (κ3) is 2.74. The Balaban J connectivity index is 2.78. The molecule has 0 radical (unpaired) electrons. The Labute approximate surface area is 90.4 Å². The third-order valence-electron chi connectivity index (χ3n) is 1.38. The van der Waals surface area contributed by atoms with Gasteiger partial charge in [-0.05, 0) is 34.7 Å². The molecular formula is C10H7IO2. The van der Waals surface area contributed by atoms with Crippen molar-refractivity contribution in [2.45, 2.75) is 0 Å². The Morgan fingerprint density at radius 1 is 1.54 bits per heavy atom. The molecule has 13 heavy (non-hydrogen) atoms. The van der Waals surface area contributed by atoms with Crippen LogP contribution >= 0.6 is 22.6 Å². The van der Waals surface area contributed by atoms with E-state index >= 15 is 0 Å². The van der Waals surface area contributed by atoms with Crippen LogP contribution in [0.1, 0.15) is 10.4 Å². The van der Waals surface area contributed by atoms with Crippen molar-refractivity contribution in [3.63, 3.8) is 0 Å². The fraction of sp³-hybridized carbons (Fsp3) is 0.100. The zero-order chi connectivity index (χ0) is 9.68. The number of benzene rings is 1. The van der Waals surface area contributed by atoms with E-state index in [0.29, 0.717) is 5.56 Å². The molecule has 0 amide bonds. The molecule has 0 heterocycles. The number of ether oxygens (including phenoxy) is 1. The fourth-order valence-corrected chi connectivity index (χ4v) is 1.42. The van der Waals surface area contributed by atoms with Crippen LogP contribution in [0, 0.1) is 15.9 Å². The summed E-state index contributed by atoms with van der Waals surface area (Å²) in [4.78, 5) is 11.3. The average molecular weight is 286 g/mol. The van der Waals surface area contributed by atoms with Gasteiger partial charge in [0.1, 0.15) is 0 Å². The predicted molar refractivity (Wildman–Crippen MR) is 58.3 cm³/mol. The van der Waals surface area contributed by atoms with E-state index in [9.17, 15) is 4.79 Å². The highest BCUT2D eigenvalue weighted by Crippen LogP contribution is 2.12. The van der Waals surface area contributed by atoms with E-state index in [1.54, 1.807) is 12.1 Å². The lowest BCUT2D eigenvalue weighted by molar-refractivity contribution is 0.0555. The molecule has 0 spiro atoms. The summed E-state index contributed by atoms with van der Waals surface area (Å²) in [5, 5.41) is 0. The maximum absolute atomic E-state index is 11.3. The highest BCUT2D eigenvalue weighted by molar-refractivity contribution is 14.1. The van der Waals surface area contributed by atoms with Crippen LogP contribution in [0.15, 0.2) is 24.3 Å². The number of rotatable bonds is 2. The third-order valence-corrected chi connectivity index (χ3v) is 2.32. The summed E-state index contributed by atoms with van der Waals surface area (Å²) >= 11 is 2.07. The second-order valence-corrected chi connectivity index (χ2v) is 3.42. The molecule has 2 nitrogen and oxygen atoms in total. The van der Waals surface area contributed by atoms with E-state index in [1.165, 1.54) is 0 Å². The van der Waals surface area contributed by atoms with Gasteiger partial charge in [-0.15, -0.1) is 6.42 Å². The molecule has 66 valence electrons. The lowest BCUT2D eigenvalue weighted by Gasteiger charge is -2.02. The molecule has 0 saturated heterocycles. The van der Waals surface area contributed by atoms with Crippen molar-refractivity contribution in [1.82, 2.24) is 0 Å². The molecule has 1 rings (SSSR count). The van der Waals surface area contributed by atoms with Gasteiger partial charge in [0.25, 0.3) is 0 Å². The molecule has 0 fully saturated rings. The standard InChI is InChI=1S/C10H7IO2/c1-2-7-13-10(12)8-5-3-4-6-9(8)11/h1,3-6H,7H2. The molecule has 1 aromatic rings. The highest BCUT2D eigenvalue weighted by atomic mass is 127. The first-order valence-electron chi connectivity index (χ1n) is 3.61. The zero-order valence-electron chi connectivity index (χ0n) is 6.79. The van der Waals surface area contributed by atoms with Crippen LogP contribution in [0.3, 0.4) is 0 Å². The van der Waals surface area contributed by atoms with Gasteiger partial charge < -0.3 is 4.74 Å². The van der Waals surface area contributed by atoms with E-state index in [0.717, 1.165) is 3.57 Å². The zero-order valence-corrected chi connectivity index (χ0v) is 8.95. The minimum Gasteiger partial charge on any atom is -0.449 e. The lowest BCUT2D eigenvalue weighted by atomic mass is 10.2. The Morgan fingerprint density at radius 3 is 2.85 bits per heavy atom. The second-order valence-electron chi connectivity index (χ2n) is 2.26. The van der Waals surface area contributed by atoms with Gasteiger partial charge >= 0.3 is 5.97 Å². The van der Waals surface area contributed by atoms with E-state index in [1.807, 2.05) is 12.1 Å². The minimum atomic E-state index is -0.372. The number of halogens is 1. The first-order valence-corrected chi connectivity index (χ1v) is 4.68. The Morgan fingerprint density at radius 2 is 2.23 bits per heavy atom. The average Bonchev–Trinajstić information content (AvgIpc) is 2.15. The summed E-state index contributed by atoms with van der Waals surface area (Å²) in [5.74, 6) is 1.87. The van der Waals surface area contributed by atoms with Gasteiger partial charge in [0.15, 0.2) is 6.61 Å². The number of terminal acetylenes is 1. The molecule has 0 aliphatic heterocycles. The molecule has 1 aromatic carbocycles. The van der Waals surface area contributed by atoms with Gasteiger partial charge in [0, 0.05) is 3.57 Å². The monoisotopic (exact) mass is 286 g/mol. The Kier molecular flexibility index (Phi) is 3.77. The number of esters is 1. The van der Waals surface area contributed by atoms with Gasteiger partial charge in [0.05, 0.1) is 5.56 Å². The van der Waals surface area contributed by atoms with Crippen LogP contribution in [0.4, 0.5) is 0 Å². The molecule has 0 bridgehead atoms. The molecular weight excluding hydrogens is 279 g/mol. The first-order chi connectivity index (χ1) is 6.25. The van der Waals surface area contributed by atoms with E-state index < -0.39 is 0 Å². The predicted octanol–water partition coefficient (Wildman–Crippen LogP) is 2.08. The van der Waals surface area contributed by atoms with Crippen molar-refractivity contribution in [1.29, 1.82) is 0 Å². The summed E-state index contributed by atoms with van der Waals surface area (Å²) in [7, 11) is 0. The fourth-order valence-electron chi connectivity index (χ4n) is 0.812. The number of carbonyl (C=O) groups excluding carboxylic acids is 1. The maximum Gasteiger partial charge on any atom is 0.340 e. The van der Waals surface area contributed by atoms with E-state index in [4.69, 9.17) is 11.2 Å². The summed E-state index contributed by atoms with van der Waals surface area (Å²) in [6, 6.07) is 7.20. The normalized spacial score (nSPS) is 8.92. The maximum atomic E-state index is 11.3. The molecule has 0 aliphatic carbocycles. The van der Waals surface area contributed by atoms with E-state index in [-0.39, 0.29) is 12.6 Å². The van der Waals surface area contributed by atoms with Crippen molar-refractivity contribution in [3.05, 3.63) is 33.4 Å². The van der Waals surface area contributed by atoms with Gasteiger partial charge in [-0.1, -0.05) is 18.1 Å². The van der Waals surface area contributed by atoms with E-state index in [2.05, 4.69) is 28.5 Å². The summed E-state index contributed by atoms with van der Waals surface area (Å²) in [6.07, 6.45) is 4.96. The molecule has 0 N–H and O–H groups in total. The van der Waals surface area contributed by atoms with Crippen LogP contribution < -0.4 is 0 Å². The van der Waals surface area contributed by atoms with Crippen molar-refractivity contribution in [2.75, 3.05) is 6.61 Å². The number of carbonyl (C=O) groups is 1. The molecule has 3 heteroatoms. The highest BCUT2D eigenvalue weighted by Gasteiger charge is 2.08. The Bertz CT molecular complexity index is 352. The van der Waals surface area contributed by atoms with Gasteiger partial charge in [0.2, 0.25) is 0 Å². The van der Waals surface area contributed by atoms with Crippen LogP contribution in [-0.2, 0) is 4.74 Å². The van der Waals surface area contributed by atoms with Crippen LogP contribution in [0.2, 0.25) is 0 Å². The van der Waals surface area contributed by atoms with Crippen molar-refractivity contribution in [2.24, 2.45) is 0 Å². The SMILES string of the molecule is C#CCOC(=O)c1ccccc1I. The van der Waals surface area contributed by atoms with Gasteiger partial charge in [-0.2, -0.15) is 0 Å². The molecule has 0 aliphatic rings. The largest absolute Gasteiger partial charge is 0.449 e. The van der Waals surface area contributed by atoms with Crippen molar-refractivity contribution < 1.29 is 9.53 Å². The Hall–Kier alpha value is -1.02. The number of hydrogen-bond acceptors (Lipinski definition) is 2. The lowest BCUT2D eigenvalue weighted by Crippen LogP contribution is -2.06. The molecule has 0 aromatic heterocycles. The summed E-state index contributed by atoms with van der Waals surface area (Å²) < 4.78 is 5.64. The smallest absolute Gasteiger partial charge is 0.340 e. The summed E-state index contributed by atoms with van der Waals surface area (Å²) in [5.41, 5.74) is 0.554. The molecule has 0 unspecified atom stereocenters. The van der Waals surface area contributed by atoms with Crippen LogP contribution in [0.25, 0.3) is 0 Å². The van der Waals surface area contributed by atoms with Crippen molar-refractivity contribution >= 4 is 28.6 Å². The van der Waals surface area contributed by atoms with Crippen molar-refractivity contribution in [3.8, 4) is 12.3 Å². The molecule has 0 atom stereocenters. The topological polar surface area (TPSA) is 26.3 Å². The second kappa shape index (κ2) is 4.87. The van der Waals surface area contributed by atoms with Gasteiger partial charge in [-0.25, -0.2) is 4.79 Å². The summed E-state index contributed by atoms with van der Waals surface area (Å²) in [6.45, 7) is 0.0177. The first kappa shape index (κ1) is 10.1. The quantitative estimate of drug-likeness (QED) is 0.473. The minimum absolute atomic E-state index is 0.0177. The van der Waals surface area contributed by atoms with Crippen LogP contribution in [0.5, 0.6) is 0 Å². The number of hydrogen-bond donors (Lipinski definition) is 0.